The molecule has 144 valence electrons. The Morgan fingerprint density at radius 2 is 1.89 bits per heavy atom. The minimum absolute atomic E-state index is 0.297. The molecule has 0 amide bonds. The van der Waals surface area contributed by atoms with Crippen molar-refractivity contribution in [3.63, 3.8) is 0 Å². The molecule has 1 aliphatic rings. The zero-order valence-corrected chi connectivity index (χ0v) is 17.7. The number of thiophene rings is 1. The first-order chi connectivity index (χ1) is 13.4. The summed E-state index contributed by atoms with van der Waals surface area (Å²) in [6.45, 7) is 0. The Morgan fingerprint density at radius 1 is 1.11 bits per heavy atom. The zero-order chi connectivity index (χ0) is 19.9. The summed E-state index contributed by atoms with van der Waals surface area (Å²) in [6.07, 6.45) is 1.30. The summed E-state index contributed by atoms with van der Waals surface area (Å²) in [7, 11) is -4.17. The maximum Gasteiger partial charge on any atom is 0.289 e. The van der Waals surface area contributed by atoms with Crippen LogP contribution in [0.4, 0.5) is 11.4 Å². The van der Waals surface area contributed by atoms with E-state index in [0.717, 1.165) is 14.9 Å². The molecule has 4 rings (SSSR count). The molecule has 0 saturated heterocycles. The Bertz CT molecular complexity index is 1150. The van der Waals surface area contributed by atoms with Crippen LogP contribution in [0.1, 0.15) is 22.9 Å². The quantitative estimate of drug-likeness (QED) is 0.376. The largest absolute Gasteiger partial charge is 0.289 e. The average molecular weight is 479 g/mol. The van der Waals surface area contributed by atoms with Crippen molar-refractivity contribution in [3.05, 3.63) is 85.0 Å². The van der Waals surface area contributed by atoms with Crippen molar-refractivity contribution >= 4 is 48.7 Å². The Morgan fingerprint density at radius 3 is 2.61 bits per heavy atom. The van der Waals surface area contributed by atoms with Crippen LogP contribution in [0.5, 0.6) is 0 Å². The van der Waals surface area contributed by atoms with Crippen LogP contribution < -0.4 is 4.31 Å². The number of nitrogens with zero attached hydrogens (tertiary/aromatic N) is 2. The molecule has 3 aromatic rings. The second-order valence-electron chi connectivity index (χ2n) is 6.33. The summed E-state index contributed by atoms with van der Waals surface area (Å²) >= 11 is 4.99. The van der Waals surface area contributed by atoms with Gasteiger partial charge in [-0.15, -0.1) is 11.3 Å². The number of rotatable bonds is 4. The third-order valence-corrected chi connectivity index (χ3v) is 8.34. The lowest BCUT2D eigenvalue weighted by Crippen LogP contribution is -2.38. The van der Waals surface area contributed by atoms with Gasteiger partial charge in [0.1, 0.15) is 0 Å². The number of hydrogen-bond acceptors (Lipinski definition) is 5. The molecule has 0 saturated carbocycles. The molecule has 0 bridgehead atoms. The van der Waals surface area contributed by atoms with Crippen LogP contribution in [-0.2, 0) is 16.4 Å². The van der Waals surface area contributed by atoms with Crippen LogP contribution in [0.3, 0.4) is 0 Å². The van der Waals surface area contributed by atoms with Gasteiger partial charge in [-0.25, -0.2) is 8.42 Å². The molecule has 1 aromatic heterocycles. The molecular weight excluding hydrogens is 464 g/mol. The molecule has 6 nitrogen and oxygen atoms in total. The fraction of sp³-hybridized carbons (Fsp3) is 0.158. The summed E-state index contributed by atoms with van der Waals surface area (Å²) in [5.41, 5.74) is 1.02. The molecule has 0 spiro atoms. The van der Waals surface area contributed by atoms with E-state index in [4.69, 9.17) is 0 Å². The van der Waals surface area contributed by atoms with Crippen molar-refractivity contribution in [2.45, 2.75) is 23.8 Å². The number of nitro groups is 1. The number of para-hydroxylation sites is 1. The van der Waals surface area contributed by atoms with E-state index in [1.165, 1.54) is 39.9 Å². The van der Waals surface area contributed by atoms with Gasteiger partial charge in [-0.2, -0.15) is 0 Å². The smallest absolute Gasteiger partial charge is 0.258 e. The molecule has 1 unspecified atom stereocenters. The van der Waals surface area contributed by atoms with Crippen LogP contribution in [0, 0.1) is 10.1 Å². The highest BCUT2D eigenvalue weighted by molar-refractivity contribution is 9.10. The molecule has 1 atom stereocenters. The fourth-order valence-corrected chi connectivity index (χ4v) is 6.86. The van der Waals surface area contributed by atoms with Crippen LogP contribution in [-0.4, -0.2) is 13.3 Å². The summed E-state index contributed by atoms with van der Waals surface area (Å²) in [4.78, 5) is 11.4. The van der Waals surface area contributed by atoms with Gasteiger partial charge in [0.15, 0.2) is 4.90 Å². The second kappa shape index (κ2) is 7.31. The van der Waals surface area contributed by atoms with Crippen molar-refractivity contribution in [1.29, 1.82) is 0 Å². The third-order valence-electron chi connectivity index (χ3n) is 4.75. The van der Waals surface area contributed by atoms with Gasteiger partial charge in [0.05, 0.1) is 16.7 Å². The Balaban J connectivity index is 1.96. The van der Waals surface area contributed by atoms with E-state index in [0.29, 0.717) is 18.5 Å². The number of sulfonamides is 1. The summed E-state index contributed by atoms with van der Waals surface area (Å²) in [6, 6.07) is 14.3. The first kappa shape index (κ1) is 19.1. The topological polar surface area (TPSA) is 80.5 Å². The van der Waals surface area contributed by atoms with E-state index in [-0.39, 0.29) is 4.90 Å². The standard InChI is InChI=1S/C19H15BrN2O4S2/c20-14-5-3-7-15-13(14)10-11-16(18-8-4-12-27-18)21(15)28(25,26)19-9-2-1-6-17(19)22(23)24/h1-9,12,16H,10-11H2. The highest BCUT2D eigenvalue weighted by Crippen LogP contribution is 2.46. The first-order valence-corrected chi connectivity index (χ1v) is 11.6. The minimum atomic E-state index is -4.17. The van der Waals surface area contributed by atoms with Gasteiger partial charge in [0.25, 0.3) is 15.7 Å². The summed E-state index contributed by atoms with van der Waals surface area (Å²) in [5.74, 6) is 0. The Hall–Kier alpha value is -2.23. The highest BCUT2D eigenvalue weighted by atomic mass is 79.9. The number of halogens is 1. The first-order valence-electron chi connectivity index (χ1n) is 8.50. The van der Waals surface area contributed by atoms with Gasteiger partial charge in [-0.05, 0) is 48.1 Å². The van der Waals surface area contributed by atoms with Crippen LogP contribution in [0.15, 0.2) is 69.3 Å². The molecule has 0 aliphatic carbocycles. The molecule has 0 fully saturated rings. The van der Waals surface area contributed by atoms with Gasteiger partial charge in [-0.3, -0.25) is 14.4 Å². The molecular formula is C19H15BrN2O4S2. The predicted molar refractivity (Wildman–Crippen MR) is 112 cm³/mol. The molecule has 28 heavy (non-hydrogen) atoms. The lowest BCUT2D eigenvalue weighted by molar-refractivity contribution is -0.387. The molecule has 2 heterocycles. The van der Waals surface area contributed by atoms with Gasteiger partial charge in [0, 0.05) is 15.4 Å². The highest BCUT2D eigenvalue weighted by Gasteiger charge is 2.40. The molecule has 9 heteroatoms. The third kappa shape index (κ3) is 3.13. The number of anilines is 1. The van der Waals surface area contributed by atoms with Crippen molar-refractivity contribution in [3.8, 4) is 0 Å². The molecule has 0 radical (unpaired) electrons. The van der Waals surface area contributed by atoms with Crippen molar-refractivity contribution < 1.29 is 13.3 Å². The van der Waals surface area contributed by atoms with E-state index in [9.17, 15) is 18.5 Å². The number of nitro benzene ring substituents is 1. The number of fused-ring (bicyclic) bond motifs is 1. The Labute approximate surface area is 174 Å². The van der Waals surface area contributed by atoms with Gasteiger partial charge >= 0.3 is 0 Å². The van der Waals surface area contributed by atoms with E-state index >= 15 is 0 Å². The normalized spacial score (nSPS) is 16.6. The number of benzene rings is 2. The predicted octanol–water partition coefficient (Wildman–Crippen LogP) is 5.30. The van der Waals surface area contributed by atoms with Gasteiger partial charge < -0.3 is 0 Å². The maximum absolute atomic E-state index is 13.7. The van der Waals surface area contributed by atoms with Crippen molar-refractivity contribution in [1.82, 2.24) is 0 Å². The van der Waals surface area contributed by atoms with Gasteiger partial charge in [0.2, 0.25) is 0 Å². The van der Waals surface area contributed by atoms with E-state index in [1.54, 1.807) is 12.1 Å². The SMILES string of the molecule is O=[N+]([O-])c1ccccc1S(=O)(=O)N1c2cccc(Br)c2CCC1c1cccs1. The summed E-state index contributed by atoms with van der Waals surface area (Å²) < 4.78 is 29.6. The van der Waals surface area contributed by atoms with Gasteiger partial charge in [-0.1, -0.05) is 40.2 Å². The lowest BCUT2D eigenvalue weighted by Gasteiger charge is -2.37. The molecule has 2 aromatic carbocycles. The second-order valence-corrected chi connectivity index (χ2v) is 9.95. The van der Waals surface area contributed by atoms with E-state index in [1.807, 2.05) is 23.6 Å². The zero-order valence-electron chi connectivity index (χ0n) is 14.5. The van der Waals surface area contributed by atoms with Crippen LogP contribution >= 0.6 is 27.3 Å². The minimum Gasteiger partial charge on any atom is -0.258 e. The fourth-order valence-electron chi connectivity index (χ4n) is 3.54. The molecule has 1 aliphatic heterocycles. The van der Waals surface area contributed by atoms with E-state index < -0.39 is 26.7 Å². The number of hydrogen-bond donors (Lipinski definition) is 0. The average Bonchev–Trinajstić information content (AvgIpc) is 3.22. The van der Waals surface area contributed by atoms with Crippen LogP contribution in [0.2, 0.25) is 0 Å². The van der Waals surface area contributed by atoms with Crippen molar-refractivity contribution in [2.24, 2.45) is 0 Å². The summed E-state index contributed by atoms with van der Waals surface area (Å²) in [5, 5.41) is 13.4. The monoisotopic (exact) mass is 478 g/mol. The lowest BCUT2D eigenvalue weighted by atomic mass is 9.97. The van der Waals surface area contributed by atoms with E-state index in [2.05, 4.69) is 15.9 Å². The van der Waals surface area contributed by atoms with Crippen molar-refractivity contribution in [2.75, 3.05) is 4.31 Å². The van der Waals surface area contributed by atoms with Crippen LogP contribution in [0.25, 0.3) is 0 Å². The maximum atomic E-state index is 13.7. The molecule has 0 N–H and O–H groups in total. The Kier molecular flexibility index (Phi) is 4.98.